The zero-order valence-corrected chi connectivity index (χ0v) is 12.3. The molecule has 0 radical (unpaired) electrons. The fourth-order valence-electron chi connectivity index (χ4n) is 1.93. The smallest absolute Gasteiger partial charge is 0.0994 e. The highest BCUT2D eigenvalue weighted by atomic mass is 15.1. The molecule has 3 nitrogen and oxygen atoms in total. The van der Waals surface area contributed by atoms with Gasteiger partial charge in [0.05, 0.1) is 12.0 Å². The number of hydrogen-bond donors (Lipinski definition) is 1. The lowest BCUT2D eigenvalue weighted by atomic mass is 10.1. The Bertz CT molecular complexity index is 518. The van der Waals surface area contributed by atoms with Crippen molar-refractivity contribution in [2.45, 2.75) is 46.2 Å². The van der Waals surface area contributed by atoms with Gasteiger partial charge in [-0.2, -0.15) is 0 Å². The molecule has 0 unspecified atom stereocenters. The number of nitrogens with zero attached hydrogens (tertiary/aromatic N) is 2. The monoisotopic (exact) mass is 257 g/mol. The van der Waals surface area contributed by atoms with Gasteiger partial charge in [0.15, 0.2) is 0 Å². The van der Waals surface area contributed by atoms with Gasteiger partial charge in [-0.15, -0.1) is 0 Å². The Morgan fingerprint density at radius 3 is 2.42 bits per heavy atom. The van der Waals surface area contributed by atoms with E-state index >= 15 is 0 Å². The highest BCUT2D eigenvalue weighted by Crippen LogP contribution is 2.13. The summed E-state index contributed by atoms with van der Waals surface area (Å²) in [6, 6.07) is 8.66. The van der Waals surface area contributed by atoms with E-state index in [9.17, 15) is 0 Å². The number of nitrogens with one attached hydrogen (secondary N) is 1. The van der Waals surface area contributed by atoms with Gasteiger partial charge in [-0.1, -0.05) is 19.1 Å². The molecule has 0 aliphatic carbocycles. The van der Waals surface area contributed by atoms with Crippen molar-refractivity contribution in [3.63, 3.8) is 0 Å². The lowest BCUT2D eigenvalue weighted by molar-refractivity contribution is 0.419. The van der Waals surface area contributed by atoms with Gasteiger partial charge in [0.25, 0.3) is 0 Å². The molecule has 2 rings (SSSR count). The summed E-state index contributed by atoms with van der Waals surface area (Å²) in [6.07, 6.45) is 4.87. The van der Waals surface area contributed by atoms with Crippen LogP contribution in [0.5, 0.6) is 0 Å². The first-order valence-corrected chi connectivity index (χ1v) is 6.85. The van der Waals surface area contributed by atoms with Gasteiger partial charge < -0.3 is 9.88 Å². The van der Waals surface area contributed by atoms with E-state index in [4.69, 9.17) is 0 Å². The minimum absolute atomic E-state index is 0.112. The van der Waals surface area contributed by atoms with Gasteiger partial charge in [0.2, 0.25) is 0 Å². The molecule has 0 aliphatic rings. The molecule has 19 heavy (non-hydrogen) atoms. The van der Waals surface area contributed by atoms with Crippen LogP contribution in [-0.4, -0.2) is 15.1 Å². The molecule has 102 valence electrons. The maximum atomic E-state index is 4.26. The van der Waals surface area contributed by atoms with E-state index in [-0.39, 0.29) is 5.54 Å². The molecule has 0 atom stereocenters. The molecule has 1 aromatic heterocycles. The second-order valence-corrected chi connectivity index (χ2v) is 5.88. The number of aromatic nitrogens is 2. The lowest BCUT2D eigenvalue weighted by Gasteiger charge is -2.21. The van der Waals surface area contributed by atoms with E-state index in [1.165, 1.54) is 16.9 Å². The van der Waals surface area contributed by atoms with E-state index in [0.717, 1.165) is 13.0 Å². The van der Waals surface area contributed by atoms with Crippen LogP contribution in [0.3, 0.4) is 0 Å². The van der Waals surface area contributed by atoms with E-state index in [1.807, 2.05) is 12.5 Å². The van der Waals surface area contributed by atoms with Gasteiger partial charge in [0.1, 0.15) is 0 Å². The normalized spacial score (nSPS) is 11.8. The summed E-state index contributed by atoms with van der Waals surface area (Å²) in [6.45, 7) is 9.50. The second-order valence-electron chi connectivity index (χ2n) is 5.88. The Morgan fingerprint density at radius 2 is 1.84 bits per heavy atom. The van der Waals surface area contributed by atoms with Crippen molar-refractivity contribution in [1.82, 2.24) is 14.9 Å². The van der Waals surface area contributed by atoms with E-state index in [0.29, 0.717) is 0 Å². The van der Waals surface area contributed by atoms with Gasteiger partial charge in [0, 0.05) is 24.0 Å². The van der Waals surface area contributed by atoms with Gasteiger partial charge in [-0.25, -0.2) is 4.98 Å². The molecule has 0 aliphatic heterocycles. The van der Waals surface area contributed by atoms with Crippen molar-refractivity contribution >= 4 is 0 Å². The largest absolute Gasteiger partial charge is 0.306 e. The molecular weight excluding hydrogens is 234 g/mol. The van der Waals surface area contributed by atoms with Crippen LogP contribution in [0.25, 0.3) is 5.69 Å². The number of hydrogen-bond acceptors (Lipinski definition) is 2. The topological polar surface area (TPSA) is 29.9 Å². The van der Waals surface area contributed by atoms with Crippen molar-refractivity contribution in [3.8, 4) is 5.69 Å². The van der Waals surface area contributed by atoms with E-state index in [1.54, 1.807) is 0 Å². The summed E-state index contributed by atoms with van der Waals surface area (Å²) >= 11 is 0. The Hall–Kier alpha value is -1.61. The van der Waals surface area contributed by atoms with Crippen molar-refractivity contribution < 1.29 is 0 Å². The van der Waals surface area contributed by atoms with Crippen LogP contribution < -0.4 is 5.32 Å². The van der Waals surface area contributed by atoms with Crippen LogP contribution in [-0.2, 0) is 13.0 Å². The predicted octanol–water partition coefficient (Wildman–Crippen LogP) is 3.32. The number of benzene rings is 1. The average molecular weight is 257 g/mol. The summed E-state index contributed by atoms with van der Waals surface area (Å²) in [5.41, 5.74) is 3.82. The molecule has 0 saturated carbocycles. The first-order valence-electron chi connectivity index (χ1n) is 6.85. The van der Waals surface area contributed by atoms with Crippen molar-refractivity contribution in [2.75, 3.05) is 0 Å². The van der Waals surface area contributed by atoms with Crippen LogP contribution in [0.15, 0.2) is 36.8 Å². The summed E-state index contributed by atoms with van der Waals surface area (Å²) in [5.74, 6) is 0. The minimum Gasteiger partial charge on any atom is -0.306 e. The zero-order chi connectivity index (χ0) is 13.9. The fraction of sp³-hybridized carbons (Fsp3) is 0.438. The van der Waals surface area contributed by atoms with Gasteiger partial charge >= 0.3 is 0 Å². The molecule has 3 heteroatoms. The third-order valence-electron chi connectivity index (χ3n) is 3.14. The molecule has 0 saturated heterocycles. The summed E-state index contributed by atoms with van der Waals surface area (Å²) in [5, 5.41) is 3.50. The Labute approximate surface area is 115 Å². The molecule has 0 spiro atoms. The first kappa shape index (κ1) is 13.8. The fourth-order valence-corrected chi connectivity index (χ4v) is 1.93. The van der Waals surface area contributed by atoms with Crippen LogP contribution in [0.1, 0.15) is 39.0 Å². The van der Waals surface area contributed by atoms with Crippen LogP contribution in [0, 0.1) is 0 Å². The third-order valence-corrected chi connectivity index (χ3v) is 3.14. The molecule has 0 fully saturated rings. The SMILES string of the molecule is CCc1ccc(-n2cncc2CNC(C)(C)C)cc1. The van der Waals surface area contributed by atoms with Crippen molar-refractivity contribution in [2.24, 2.45) is 0 Å². The molecule has 1 heterocycles. The third kappa shape index (κ3) is 3.67. The number of imidazole rings is 1. The van der Waals surface area contributed by atoms with Crippen LogP contribution >= 0.6 is 0 Å². The van der Waals surface area contributed by atoms with Gasteiger partial charge in [-0.05, 0) is 44.9 Å². The summed E-state index contributed by atoms with van der Waals surface area (Å²) in [7, 11) is 0. The highest BCUT2D eigenvalue weighted by molar-refractivity contribution is 5.36. The number of aryl methyl sites for hydroxylation is 1. The summed E-state index contributed by atoms with van der Waals surface area (Å²) in [4.78, 5) is 4.26. The highest BCUT2D eigenvalue weighted by Gasteiger charge is 2.11. The van der Waals surface area contributed by atoms with Crippen molar-refractivity contribution in [1.29, 1.82) is 0 Å². The van der Waals surface area contributed by atoms with Crippen LogP contribution in [0.2, 0.25) is 0 Å². The Balaban J connectivity index is 2.18. The maximum Gasteiger partial charge on any atom is 0.0994 e. The quantitative estimate of drug-likeness (QED) is 0.910. The molecular formula is C16H23N3. The molecule has 1 aromatic carbocycles. The first-order chi connectivity index (χ1) is 8.99. The lowest BCUT2D eigenvalue weighted by Crippen LogP contribution is -2.35. The second kappa shape index (κ2) is 5.57. The molecule has 0 bridgehead atoms. The standard InChI is InChI=1S/C16H23N3/c1-5-13-6-8-14(9-7-13)19-12-17-10-15(19)11-18-16(2,3)4/h6-10,12,18H,5,11H2,1-4H3. The average Bonchev–Trinajstić information content (AvgIpc) is 2.84. The number of rotatable bonds is 4. The summed E-state index contributed by atoms with van der Waals surface area (Å²) < 4.78 is 2.14. The Morgan fingerprint density at radius 1 is 1.16 bits per heavy atom. The minimum atomic E-state index is 0.112. The van der Waals surface area contributed by atoms with E-state index < -0.39 is 0 Å². The Kier molecular flexibility index (Phi) is 4.05. The molecule has 0 amide bonds. The van der Waals surface area contributed by atoms with E-state index in [2.05, 4.69) is 66.8 Å². The maximum absolute atomic E-state index is 4.26. The molecule has 2 aromatic rings. The molecule has 1 N–H and O–H groups in total. The van der Waals surface area contributed by atoms with Crippen molar-refractivity contribution in [3.05, 3.63) is 48.0 Å². The van der Waals surface area contributed by atoms with Crippen LogP contribution in [0.4, 0.5) is 0 Å². The zero-order valence-electron chi connectivity index (χ0n) is 12.3. The predicted molar refractivity (Wildman–Crippen MR) is 79.5 cm³/mol. The van der Waals surface area contributed by atoms with Gasteiger partial charge in [-0.3, -0.25) is 0 Å².